The summed E-state index contributed by atoms with van der Waals surface area (Å²) in [6, 6.07) is 9.35. The van der Waals surface area contributed by atoms with Gasteiger partial charge in [-0.25, -0.2) is 0 Å². The summed E-state index contributed by atoms with van der Waals surface area (Å²) in [5.41, 5.74) is 1.52. The van der Waals surface area contributed by atoms with Crippen LogP contribution in [0.15, 0.2) is 30.3 Å². The van der Waals surface area contributed by atoms with Crippen LogP contribution in [0.3, 0.4) is 0 Å². The van der Waals surface area contributed by atoms with Gasteiger partial charge in [-0.2, -0.15) is 5.10 Å². The van der Waals surface area contributed by atoms with E-state index < -0.39 is 18.3 Å². The minimum Gasteiger partial charge on any atom is -0.423 e. The van der Waals surface area contributed by atoms with Crippen molar-refractivity contribution in [2.75, 3.05) is 0 Å². The first kappa shape index (κ1) is 16.7. The number of aromatic nitrogens is 2. The van der Waals surface area contributed by atoms with E-state index in [0.29, 0.717) is 5.46 Å². The van der Waals surface area contributed by atoms with Crippen LogP contribution in [0.1, 0.15) is 33.4 Å². The average Bonchev–Trinajstić information content (AvgIpc) is 2.84. The highest BCUT2D eigenvalue weighted by atomic mass is 16.5. The first-order chi connectivity index (χ1) is 10.1. The molecule has 3 N–H and O–H groups in total. The van der Waals surface area contributed by atoms with Crippen LogP contribution in [0.25, 0.3) is 11.3 Å². The van der Waals surface area contributed by atoms with Crippen molar-refractivity contribution in [3.8, 4) is 11.3 Å². The van der Waals surface area contributed by atoms with Crippen LogP contribution < -0.4 is 5.46 Å². The Hall–Kier alpha value is -1.63. The molecule has 0 radical (unpaired) electrons. The van der Waals surface area contributed by atoms with Crippen molar-refractivity contribution in [1.29, 1.82) is 0 Å². The molecule has 0 spiro atoms. The third kappa shape index (κ3) is 3.58. The molecule has 0 aliphatic heterocycles. The fraction of sp³-hybridized carbons (Fsp3) is 0.438. The van der Waals surface area contributed by atoms with Crippen molar-refractivity contribution in [3.05, 3.63) is 36.0 Å². The zero-order valence-corrected chi connectivity index (χ0v) is 13.7. The van der Waals surface area contributed by atoms with Crippen LogP contribution in [0.4, 0.5) is 0 Å². The molecule has 1 aromatic carbocycles. The molecule has 6 heteroatoms. The first-order valence-electron chi connectivity index (χ1n) is 7.31. The van der Waals surface area contributed by atoms with Gasteiger partial charge in [-0.1, -0.05) is 24.3 Å². The molecule has 1 heterocycles. The molecule has 2 aromatic rings. The van der Waals surface area contributed by atoms with Gasteiger partial charge in [0.2, 0.25) is 0 Å². The highest BCUT2D eigenvalue weighted by Crippen LogP contribution is 2.25. The Labute approximate surface area is 131 Å². The van der Waals surface area contributed by atoms with Crippen molar-refractivity contribution in [3.63, 3.8) is 0 Å². The van der Waals surface area contributed by atoms with E-state index in [1.165, 1.54) is 0 Å². The maximum Gasteiger partial charge on any atom is 0.491 e. The molecule has 0 bridgehead atoms. The normalized spacial score (nSPS) is 12.5. The van der Waals surface area contributed by atoms with Crippen LogP contribution in [0.2, 0.25) is 0 Å². The number of aryl methyl sites for hydroxylation is 1. The number of aliphatic hydroxyl groups is 1. The SMILES string of the molecule is Cc1cc(-c2ccc(B(O)OC(C)(C)C(C)(C)O)cc2)[nH]n1. The second-order valence-corrected chi connectivity index (χ2v) is 6.58. The Bertz CT molecular complexity index is 630. The number of rotatable bonds is 5. The van der Waals surface area contributed by atoms with Gasteiger partial charge in [0.1, 0.15) is 0 Å². The fourth-order valence-electron chi connectivity index (χ4n) is 1.89. The standard InChI is InChI=1S/C16H23BN2O3/c1-11-10-14(19-18-11)12-6-8-13(9-7-12)17(21)22-16(4,5)15(2,3)20/h6-10,20-21H,1-5H3,(H,18,19). The number of benzene rings is 1. The molecule has 1 aromatic heterocycles. The molecule has 118 valence electrons. The van der Waals surface area contributed by atoms with Crippen molar-refractivity contribution >= 4 is 12.6 Å². The molecule has 5 nitrogen and oxygen atoms in total. The smallest absolute Gasteiger partial charge is 0.423 e. The highest BCUT2D eigenvalue weighted by Gasteiger charge is 2.39. The zero-order valence-electron chi connectivity index (χ0n) is 13.7. The monoisotopic (exact) mass is 302 g/mol. The van der Waals surface area contributed by atoms with Gasteiger partial charge >= 0.3 is 7.12 Å². The lowest BCUT2D eigenvalue weighted by Crippen LogP contribution is -2.53. The molecule has 0 saturated heterocycles. The van der Waals surface area contributed by atoms with Crippen LogP contribution in [-0.4, -0.2) is 38.6 Å². The number of H-pyrrole nitrogens is 1. The van der Waals surface area contributed by atoms with E-state index in [9.17, 15) is 10.1 Å². The van der Waals surface area contributed by atoms with Gasteiger partial charge in [-0.05, 0) is 51.7 Å². The molecule has 0 atom stereocenters. The lowest BCUT2D eigenvalue weighted by molar-refractivity contribution is -0.0982. The van der Waals surface area contributed by atoms with E-state index in [-0.39, 0.29) is 0 Å². The molecule has 0 unspecified atom stereocenters. The molecular weight excluding hydrogens is 279 g/mol. The maximum absolute atomic E-state index is 10.2. The fourth-order valence-corrected chi connectivity index (χ4v) is 1.89. The topological polar surface area (TPSA) is 78.4 Å². The zero-order chi connectivity index (χ0) is 16.5. The summed E-state index contributed by atoms with van der Waals surface area (Å²) < 4.78 is 5.62. The van der Waals surface area contributed by atoms with E-state index in [4.69, 9.17) is 4.65 Å². The van der Waals surface area contributed by atoms with Gasteiger partial charge in [-0.3, -0.25) is 5.10 Å². The van der Waals surface area contributed by atoms with Gasteiger partial charge in [0.15, 0.2) is 0 Å². The van der Waals surface area contributed by atoms with Gasteiger partial charge < -0.3 is 14.8 Å². The maximum atomic E-state index is 10.2. The van der Waals surface area contributed by atoms with Gasteiger partial charge in [0, 0.05) is 0 Å². The third-order valence-electron chi connectivity index (χ3n) is 4.09. The molecule has 0 aliphatic carbocycles. The summed E-state index contributed by atoms with van der Waals surface area (Å²) in [6.07, 6.45) is 0. The van der Waals surface area contributed by atoms with E-state index in [1.807, 2.05) is 25.1 Å². The summed E-state index contributed by atoms with van der Waals surface area (Å²) in [6.45, 7) is 8.73. The van der Waals surface area contributed by atoms with Crippen molar-refractivity contribution in [1.82, 2.24) is 10.2 Å². The van der Waals surface area contributed by atoms with Crippen LogP contribution >= 0.6 is 0 Å². The lowest BCUT2D eigenvalue weighted by Gasteiger charge is -2.38. The highest BCUT2D eigenvalue weighted by molar-refractivity contribution is 6.60. The molecule has 0 saturated carbocycles. The second kappa shape index (κ2) is 5.87. The van der Waals surface area contributed by atoms with Crippen LogP contribution in [0, 0.1) is 6.92 Å². The predicted octanol–water partition coefficient (Wildman–Crippen LogP) is 1.64. The summed E-state index contributed by atoms with van der Waals surface area (Å²) >= 11 is 0. The third-order valence-corrected chi connectivity index (χ3v) is 4.09. The Morgan fingerprint density at radius 3 is 2.18 bits per heavy atom. The molecule has 0 fully saturated rings. The number of nitrogens with zero attached hydrogens (tertiary/aromatic N) is 1. The molecule has 22 heavy (non-hydrogen) atoms. The second-order valence-electron chi connectivity index (χ2n) is 6.58. The summed E-state index contributed by atoms with van der Waals surface area (Å²) in [7, 11) is -1.10. The Kier molecular flexibility index (Phi) is 4.47. The number of nitrogens with one attached hydrogen (secondary N) is 1. The van der Waals surface area contributed by atoms with Gasteiger partial charge in [0.25, 0.3) is 0 Å². The van der Waals surface area contributed by atoms with E-state index in [0.717, 1.165) is 17.0 Å². The molecule has 0 aliphatic rings. The average molecular weight is 302 g/mol. The molecule has 0 amide bonds. The van der Waals surface area contributed by atoms with Gasteiger partial charge in [0.05, 0.1) is 22.6 Å². The Morgan fingerprint density at radius 1 is 1.14 bits per heavy atom. The van der Waals surface area contributed by atoms with Crippen LogP contribution in [0.5, 0.6) is 0 Å². The van der Waals surface area contributed by atoms with E-state index in [2.05, 4.69) is 10.2 Å². The van der Waals surface area contributed by atoms with Crippen molar-refractivity contribution < 1.29 is 14.8 Å². The largest absolute Gasteiger partial charge is 0.491 e. The minimum atomic E-state index is -1.10. The quantitative estimate of drug-likeness (QED) is 0.734. The predicted molar refractivity (Wildman–Crippen MR) is 87.8 cm³/mol. The summed E-state index contributed by atoms with van der Waals surface area (Å²) in [4.78, 5) is 0. The molecular formula is C16H23BN2O3. The number of hydrogen-bond donors (Lipinski definition) is 3. The number of hydrogen-bond acceptors (Lipinski definition) is 4. The lowest BCUT2D eigenvalue weighted by atomic mass is 9.76. The van der Waals surface area contributed by atoms with Crippen molar-refractivity contribution in [2.45, 2.75) is 45.8 Å². The minimum absolute atomic E-state index is 0.636. The summed E-state index contributed by atoms with van der Waals surface area (Å²) in [5.74, 6) is 0. The first-order valence-corrected chi connectivity index (χ1v) is 7.31. The van der Waals surface area contributed by atoms with Crippen molar-refractivity contribution in [2.24, 2.45) is 0 Å². The van der Waals surface area contributed by atoms with Gasteiger partial charge in [-0.15, -0.1) is 0 Å². The summed E-state index contributed by atoms with van der Waals surface area (Å²) in [5, 5.41) is 27.4. The number of aromatic amines is 1. The van der Waals surface area contributed by atoms with E-state index in [1.54, 1.807) is 39.8 Å². The molecule has 2 rings (SSSR count). The van der Waals surface area contributed by atoms with E-state index >= 15 is 0 Å². The van der Waals surface area contributed by atoms with Crippen LogP contribution in [-0.2, 0) is 4.65 Å². The Balaban J connectivity index is 2.13. The Morgan fingerprint density at radius 2 is 1.73 bits per heavy atom.